The molecule has 24 heavy (non-hydrogen) atoms. The number of nitrogens with one attached hydrogen (secondary N) is 1. The molecule has 0 aliphatic carbocycles. The van der Waals surface area contributed by atoms with E-state index >= 15 is 0 Å². The van der Waals surface area contributed by atoms with Crippen LogP contribution in [0.5, 0.6) is 5.75 Å². The summed E-state index contributed by atoms with van der Waals surface area (Å²) in [6.07, 6.45) is 1.63. The van der Waals surface area contributed by atoms with Gasteiger partial charge in [-0.1, -0.05) is 0 Å². The SMILES string of the molecule is CCOc1ccc(-c2ccnc(N[C@H](C)COC)n2)cc1C(=O)O. The summed E-state index contributed by atoms with van der Waals surface area (Å²) in [4.78, 5) is 20.0. The van der Waals surface area contributed by atoms with Gasteiger partial charge in [-0.05, 0) is 38.1 Å². The highest BCUT2D eigenvalue weighted by atomic mass is 16.5. The van der Waals surface area contributed by atoms with E-state index in [2.05, 4.69) is 15.3 Å². The molecule has 1 heterocycles. The summed E-state index contributed by atoms with van der Waals surface area (Å²) in [7, 11) is 1.63. The van der Waals surface area contributed by atoms with Gasteiger partial charge in [-0.15, -0.1) is 0 Å². The van der Waals surface area contributed by atoms with E-state index in [0.717, 1.165) is 0 Å². The van der Waals surface area contributed by atoms with E-state index in [1.54, 1.807) is 37.6 Å². The Morgan fingerprint density at radius 1 is 1.38 bits per heavy atom. The Kier molecular flexibility index (Phi) is 6.08. The number of carbonyl (C=O) groups is 1. The Hall–Kier alpha value is -2.67. The summed E-state index contributed by atoms with van der Waals surface area (Å²) >= 11 is 0. The first kappa shape index (κ1) is 17.7. The van der Waals surface area contributed by atoms with Gasteiger partial charge in [0, 0.05) is 24.9 Å². The van der Waals surface area contributed by atoms with Crippen LogP contribution in [0.1, 0.15) is 24.2 Å². The van der Waals surface area contributed by atoms with E-state index in [1.807, 2.05) is 13.8 Å². The topological polar surface area (TPSA) is 93.6 Å². The van der Waals surface area contributed by atoms with E-state index in [-0.39, 0.29) is 11.6 Å². The van der Waals surface area contributed by atoms with Gasteiger partial charge in [0.05, 0.1) is 18.9 Å². The molecule has 0 aliphatic heterocycles. The molecule has 0 amide bonds. The fourth-order valence-electron chi connectivity index (χ4n) is 2.24. The Morgan fingerprint density at radius 2 is 2.17 bits per heavy atom. The van der Waals surface area contributed by atoms with Crippen molar-refractivity contribution in [3.05, 3.63) is 36.0 Å². The highest BCUT2D eigenvalue weighted by Crippen LogP contribution is 2.26. The third-order valence-corrected chi connectivity index (χ3v) is 3.25. The highest BCUT2D eigenvalue weighted by molar-refractivity contribution is 5.92. The smallest absolute Gasteiger partial charge is 0.339 e. The van der Waals surface area contributed by atoms with Crippen LogP contribution in [-0.4, -0.2) is 47.4 Å². The molecule has 0 saturated heterocycles. The van der Waals surface area contributed by atoms with Crippen LogP contribution in [0.4, 0.5) is 5.95 Å². The summed E-state index contributed by atoms with van der Waals surface area (Å²) in [6.45, 7) is 4.69. The lowest BCUT2D eigenvalue weighted by Gasteiger charge is -2.13. The maximum absolute atomic E-state index is 11.4. The lowest BCUT2D eigenvalue weighted by Crippen LogP contribution is -2.22. The lowest BCUT2D eigenvalue weighted by molar-refractivity contribution is 0.0692. The van der Waals surface area contributed by atoms with E-state index in [4.69, 9.17) is 9.47 Å². The Bertz CT molecular complexity index is 706. The van der Waals surface area contributed by atoms with Crippen LogP contribution in [-0.2, 0) is 4.74 Å². The monoisotopic (exact) mass is 331 g/mol. The van der Waals surface area contributed by atoms with Crippen LogP contribution in [0, 0.1) is 0 Å². The van der Waals surface area contributed by atoms with Crippen LogP contribution in [0.15, 0.2) is 30.5 Å². The summed E-state index contributed by atoms with van der Waals surface area (Å²) < 4.78 is 10.4. The molecular formula is C17H21N3O4. The number of methoxy groups -OCH3 is 1. The number of carboxylic acids is 1. The first-order valence-corrected chi connectivity index (χ1v) is 7.64. The zero-order chi connectivity index (χ0) is 17.5. The molecule has 2 aromatic rings. The molecule has 2 N–H and O–H groups in total. The summed E-state index contributed by atoms with van der Waals surface area (Å²) in [5, 5.41) is 12.5. The number of ether oxygens (including phenoxy) is 2. The molecule has 0 fully saturated rings. The molecule has 0 spiro atoms. The van der Waals surface area contributed by atoms with Gasteiger partial charge in [0.1, 0.15) is 11.3 Å². The number of aromatic carboxylic acids is 1. The number of hydrogen-bond donors (Lipinski definition) is 2. The summed E-state index contributed by atoms with van der Waals surface area (Å²) in [5.74, 6) is -0.237. The molecule has 0 bridgehead atoms. The van der Waals surface area contributed by atoms with Crippen molar-refractivity contribution in [2.45, 2.75) is 19.9 Å². The lowest BCUT2D eigenvalue weighted by atomic mass is 10.1. The van der Waals surface area contributed by atoms with Crippen molar-refractivity contribution >= 4 is 11.9 Å². The first-order chi connectivity index (χ1) is 11.5. The van der Waals surface area contributed by atoms with Gasteiger partial charge >= 0.3 is 5.97 Å². The number of aromatic nitrogens is 2. The van der Waals surface area contributed by atoms with Crippen LogP contribution in [0.25, 0.3) is 11.3 Å². The Labute approximate surface area is 140 Å². The molecule has 128 valence electrons. The van der Waals surface area contributed by atoms with Crippen molar-refractivity contribution in [1.29, 1.82) is 0 Å². The number of anilines is 1. The van der Waals surface area contributed by atoms with Gasteiger partial charge in [0.2, 0.25) is 5.95 Å². The van der Waals surface area contributed by atoms with E-state index in [9.17, 15) is 9.90 Å². The van der Waals surface area contributed by atoms with Crippen molar-refractivity contribution in [1.82, 2.24) is 9.97 Å². The fraction of sp³-hybridized carbons (Fsp3) is 0.353. The normalized spacial score (nSPS) is 11.8. The molecule has 1 atom stereocenters. The van der Waals surface area contributed by atoms with Crippen molar-refractivity contribution in [3.63, 3.8) is 0 Å². The standard InChI is InChI=1S/C17H21N3O4/c1-4-24-15-6-5-12(9-13(15)16(21)22)14-7-8-18-17(20-14)19-11(2)10-23-3/h5-9,11H,4,10H2,1-3H3,(H,21,22)(H,18,19,20)/t11-/m1/s1. The van der Waals surface area contributed by atoms with Gasteiger partial charge in [0.15, 0.2) is 0 Å². The maximum atomic E-state index is 11.4. The van der Waals surface area contributed by atoms with Gasteiger partial charge < -0.3 is 19.9 Å². The molecule has 1 aromatic heterocycles. The Morgan fingerprint density at radius 3 is 2.83 bits per heavy atom. The molecule has 0 unspecified atom stereocenters. The number of carboxylic acid groups (broad SMARTS) is 1. The predicted molar refractivity (Wildman–Crippen MR) is 90.6 cm³/mol. The van der Waals surface area contributed by atoms with E-state index < -0.39 is 5.97 Å². The number of rotatable bonds is 8. The molecule has 1 aromatic carbocycles. The molecule has 7 nitrogen and oxygen atoms in total. The van der Waals surface area contributed by atoms with Crippen LogP contribution < -0.4 is 10.1 Å². The minimum Gasteiger partial charge on any atom is -0.493 e. The minimum absolute atomic E-state index is 0.0557. The van der Waals surface area contributed by atoms with Gasteiger partial charge in [0.25, 0.3) is 0 Å². The van der Waals surface area contributed by atoms with Crippen LogP contribution in [0.2, 0.25) is 0 Å². The first-order valence-electron chi connectivity index (χ1n) is 7.64. The average molecular weight is 331 g/mol. The minimum atomic E-state index is -1.04. The molecule has 0 radical (unpaired) electrons. The zero-order valence-electron chi connectivity index (χ0n) is 13.9. The fourth-order valence-corrected chi connectivity index (χ4v) is 2.24. The molecule has 7 heteroatoms. The van der Waals surface area contributed by atoms with Gasteiger partial charge in [-0.25, -0.2) is 14.8 Å². The molecule has 0 saturated carbocycles. The van der Waals surface area contributed by atoms with Crippen molar-refractivity contribution in [3.8, 4) is 17.0 Å². The third kappa shape index (κ3) is 4.42. The van der Waals surface area contributed by atoms with E-state index in [0.29, 0.717) is 36.2 Å². The maximum Gasteiger partial charge on any atom is 0.339 e. The molecule has 2 rings (SSSR count). The van der Waals surface area contributed by atoms with Crippen molar-refractivity contribution in [2.75, 3.05) is 25.6 Å². The predicted octanol–water partition coefficient (Wildman–Crippen LogP) is 2.69. The quantitative estimate of drug-likeness (QED) is 0.768. The van der Waals surface area contributed by atoms with Gasteiger partial charge in [-0.3, -0.25) is 0 Å². The molecular weight excluding hydrogens is 310 g/mol. The summed E-state index contributed by atoms with van der Waals surface area (Å²) in [6, 6.07) is 6.76. The van der Waals surface area contributed by atoms with Crippen LogP contribution >= 0.6 is 0 Å². The number of nitrogens with zero attached hydrogens (tertiary/aromatic N) is 2. The number of benzene rings is 1. The highest BCUT2D eigenvalue weighted by Gasteiger charge is 2.14. The number of hydrogen-bond acceptors (Lipinski definition) is 6. The average Bonchev–Trinajstić information content (AvgIpc) is 2.55. The zero-order valence-corrected chi connectivity index (χ0v) is 13.9. The van der Waals surface area contributed by atoms with Gasteiger partial charge in [-0.2, -0.15) is 0 Å². The van der Waals surface area contributed by atoms with Crippen LogP contribution in [0.3, 0.4) is 0 Å². The second-order valence-corrected chi connectivity index (χ2v) is 5.22. The Balaban J connectivity index is 2.31. The largest absolute Gasteiger partial charge is 0.493 e. The van der Waals surface area contributed by atoms with Crippen molar-refractivity contribution < 1.29 is 19.4 Å². The third-order valence-electron chi connectivity index (χ3n) is 3.25. The second kappa shape index (κ2) is 8.26. The van der Waals surface area contributed by atoms with Crippen molar-refractivity contribution in [2.24, 2.45) is 0 Å². The molecule has 0 aliphatic rings. The second-order valence-electron chi connectivity index (χ2n) is 5.22. The summed E-state index contributed by atoms with van der Waals surface area (Å²) in [5.41, 5.74) is 1.42. The van der Waals surface area contributed by atoms with E-state index in [1.165, 1.54) is 0 Å².